The summed E-state index contributed by atoms with van der Waals surface area (Å²) in [6.45, 7) is 3.30. The lowest BCUT2D eigenvalue weighted by Gasteiger charge is -2.14. The lowest BCUT2D eigenvalue weighted by atomic mass is 10.1. The summed E-state index contributed by atoms with van der Waals surface area (Å²) in [4.78, 5) is 11.6. The van der Waals surface area contributed by atoms with E-state index >= 15 is 0 Å². The van der Waals surface area contributed by atoms with Crippen LogP contribution in [0.1, 0.15) is 11.1 Å². The molecule has 0 fully saturated rings. The minimum atomic E-state index is -0.683. The van der Waals surface area contributed by atoms with Crippen LogP contribution in [0.3, 0.4) is 0 Å². The van der Waals surface area contributed by atoms with Gasteiger partial charge in [0.15, 0.2) is 0 Å². The summed E-state index contributed by atoms with van der Waals surface area (Å²) in [5.41, 5.74) is 2.71. The Bertz CT molecular complexity index is 1400. The fraction of sp³-hybridized carbons (Fsp3) is 0.0909. The molecule has 0 aliphatic heterocycles. The normalized spacial score (nSPS) is 10.7. The van der Waals surface area contributed by atoms with Crippen LogP contribution in [0.15, 0.2) is 55.6 Å². The first-order valence-electron chi connectivity index (χ1n) is 9.35. The number of benzene rings is 1. The molecule has 0 aliphatic carbocycles. The average molecular weight is 451 g/mol. The van der Waals surface area contributed by atoms with Gasteiger partial charge >= 0.3 is 0 Å². The van der Waals surface area contributed by atoms with Crippen LogP contribution in [-0.4, -0.2) is 25.3 Å². The van der Waals surface area contributed by atoms with Crippen molar-refractivity contribution in [1.82, 2.24) is 19.4 Å². The molecule has 10 heteroatoms. The van der Waals surface area contributed by atoms with Gasteiger partial charge in [-0.3, -0.25) is 9.48 Å². The number of nitrogens with one attached hydrogen (secondary N) is 1. The first kappa shape index (κ1) is 21.1. The van der Waals surface area contributed by atoms with E-state index in [2.05, 4.69) is 28.2 Å². The number of aromatic nitrogens is 4. The minimum absolute atomic E-state index is 0.00801. The monoisotopic (exact) mass is 450 g/mol. The molecule has 1 N–H and O–H groups in total. The molecule has 0 atom stereocenters. The fourth-order valence-electron chi connectivity index (χ4n) is 3.16. The molecule has 4 aromatic rings. The molecular weight excluding hydrogens is 435 g/mol. The van der Waals surface area contributed by atoms with E-state index < -0.39 is 11.7 Å². The quantitative estimate of drug-likeness (QED) is 0.446. The third-order valence-electron chi connectivity index (χ3n) is 4.72. The molecular formula is C22H16ClFN6O2. The van der Waals surface area contributed by atoms with Crippen molar-refractivity contribution in [1.29, 1.82) is 5.26 Å². The number of halogens is 2. The van der Waals surface area contributed by atoms with Crippen LogP contribution in [0.2, 0.25) is 5.02 Å². The van der Waals surface area contributed by atoms with E-state index in [1.54, 1.807) is 34.7 Å². The van der Waals surface area contributed by atoms with Gasteiger partial charge in [-0.05, 0) is 18.2 Å². The second-order valence-corrected chi connectivity index (χ2v) is 7.21. The molecule has 0 saturated carbocycles. The summed E-state index contributed by atoms with van der Waals surface area (Å²) in [6, 6.07) is 6.51. The predicted octanol–water partition coefficient (Wildman–Crippen LogP) is 4.10. The van der Waals surface area contributed by atoms with Crippen LogP contribution in [0, 0.1) is 17.1 Å². The Balaban J connectivity index is 1.72. The number of pyridine rings is 1. The van der Waals surface area contributed by atoms with Crippen LogP contribution in [0.4, 0.5) is 10.1 Å². The Kier molecular flexibility index (Phi) is 5.62. The summed E-state index contributed by atoms with van der Waals surface area (Å²) < 4.78 is 23.4. The highest BCUT2D eigenvalue weighted by atomic mass is 35.5. The molecule has 160 valence electrons. The topological polar surface area (TPSA) is 97.2 Å². The molecule has 0 radical (unpaired) electrons. The number of carbonyl (C=O) groups excluding carboxylic acids is 1. The van der Waals surface area contributed by atoms with Crippen LogP contribution in [-0.2, 0) is 18.4 Å². The summed E-state index contributed by atoms with van der Waals surface area (Å²) in [7, 11) is 1.81. The average Bonchev–Trinajstić information content (AvgIpc) is 3.41. The van der Waals surface area contributed by atoms with E-state index in [1.807, 2.05) is 6.20 Å². The molecule has 32 heavy (non-hydrogen) atoms. The van der Waals surface area contributed by atoms with Crippen molar-refractivity contribution in [3.05, 3.63) is 77.6 Å². The number of amides is 1. The molecule has 0 spiro atoms. The third kappa shape index (κ3) is 3.91. The Morgan fingerprint density at radius 2 is 2.16 bits per heavy atom. The van der Waals surface area contributed by atoms with Gasteiger partial charge in [0, 0.05) is 36.1 Å². The van der Waals surface area contributed by atoms with Crippen molar-refractivity contribution < 1.29 is 13.9 Å². The molecule has 8 nitrogen and oxygen atoms in total. The Hall–Kier alpha value is -4.16. The van der Waals surface area contributed by atoms with E-state index in [0.717, 1.165) is 17.2 Å². The van der Waals surface area contributed by atoms with Gasteiger partial charge in [0.2, 0.25) is 5.91 Å². The highest BCUT2D eigenvalue weighted by Gasteiger charge is 2.17. The van der Waals surface area contributed by atoms with Crippen molar-refractivity contribution in [2.24, 2.45) is 7.05 Å². The maximum atomic E-state index is 14.2. The van der Waals surface area contributed by atoms with Gasteiger partial charge in [0.05, 0.1) is 23.1 Å². The van der Waals surface area contributed by atoms with Gasteiger partial charge in [-0.25, -0.2) is 8.91 Å². The van der Waals surface area contributed by atoms with Gasteiger partial charge in [-0.1, -0.05) is 24.2 Å². The fourth-order valence-corrected chi connectivity index (χ4v) is 3.41. The first-order chi connectivity index (χ1) is 15.4. The van der Waals surface area contributed by atoms with Gasteiger partial charge in [-0.2, -0.15) is 15.5 Å². The van der Waals surface area contributed by atoms with Gasteiger partial charge < -0.3 is 10.1 Å². The lowest BCUT2D eigenvalue weighted by Crippen LogP contribution is -2.11. The van der Waals surface area contributed by atoms with Crippen molar-refractivity contribution >= 4 is 28.7 Å². The summed E-state index contributed by atoms with van der Waals surface area (Å²) in [6.07, 6.45) is 7.77. The largest absolute Gasteiger partial charge is 0.487 e. The van der Waals surface area contributed by atoms with Crippen LogP contribution >= 0.6 is 11.6 Å². The van der Waals surface area contributed by atoms with Gasteiger partial charge in [-0.15, -0.1) is 0 Å². The number of hydrogen-bond acceptors (Lipinski definition) is 5. The zero-order valence-electron chi connectivity index (χ0n) is 16.8. The van der Waals surface area contributed by atoms with Gasteiger partial charge in [0.25, 0.3) is 0 Å². The molecule has 1 aromatic carbocycles. The lowest BCUT2D eigenvalue weighted by molar-refractivity contribution is -0.111. The maximum Gasteiger partial charge on any atom is 0.247 e. The molecule has 1 amide bonds. The van der Waals surface area contributed by atoms with E-state index in [9.17, 15) is 14.4 Å². The summed E-state index contributed by atoms with van der Waals surface area (Å²) in [5, 5.41) is 20.2. The SMILES string of the molecule is C=CC(=O)Nc1c(F)ccc(COc2cc(-c3cnn(C)c3)cn3ncc(C#N)c23)c1Cl. The standard InChI is InChI=1S/C22H16ClFN6O2/c1-3-19(31)28-21-17(24)5-4-13(20(21)23)12-32-18-6-14(16-9-26-29(2)10-16)11-30-22(18)15(7-25)8-27-30/h3-6,8-11H,1,12H2,2H3,(H,28,31). The van der Waals surface area contributed by atoms with E-state index in [0.29, 0.717) is 22.4 Å². The Morgan fingerprint density at radius 1 is 1.34 bits per heavy atom. The molecule has 3 aromatic heterocycles. The van der Waals surface area contributed by atoms with Crippen LogP contribution < -0.4 is 10.1 Å². The summed E-state index contributed by atoms with van der Waals surface area (Å²) in [5.74, 6) is -0.886. The predicted molar refractivity (Wildman–Crippen MR) is 117 cm³/mol. The number of nitriles is 1. The number of fused-ring (bicyclic) bond motifs is 1. The third-order valence-corrected chi connectivity index (χ3v) is 5.16. The van der Waals surface area contributed by atoms with Crippen molar-refractivity contribution in [3.63, 3.8) is 0 Å². The van der Waals surface area contributed by atoms with E-state index in [1.165, 1.54) is 18.3 Å². The molecule has 0 aliphatic rings. The zero-order valence-corrected chi connectivity index (χ0v) is 17.6. The smallest absolute Gasteiger partial charge is 0.247 e. The number of aryl methyl sites for hydroxylation is 1. The number of nitrogens with zero attached hydrogens (tertiary/aromatic N) is 5. The molecule has 0 bridgehead atoms. The maximum absolute atomic E-state index is 14.2. The van der Waals surface area contributed by atoms with Crippen LogP contribution in [0.25, 0.3) is 16.6 Å². The van der Waals surface area contributed by atoms with E-state index in [4.69, 9.17) is 16.3 Å². The summed E-state index contributed by atoms with van der Waals surface area (Å²) >= 11 is 6.32. The number of ether oxygens (including phenoxy) is 1. The van der Waals surface area contributed by atoms with E-state index in [-0.39, 0.29) is 17.3 Å². The van der Waals surface area contributed by atoms with Crippen molar-refractivity contribution in [2.75, 3.05) is 5.32 Å². The molecule has 3 heterocycles. The zero-order chi connectivity index (χ0) is 22.8. The Morgan fingerprint density at radius 3 is 2.84 bits per heavy atom. The molecule has 4 rings (SSSR count). The van der Waals surface area contributed by atoms with Crippen molar-refractivity contribution in [3.8, 4) is 22.9 Å². The second-order valence-electron chi connectivity index (χ2n) is 6.84. The minimum Gasteiger partial charge on any atom is -0.487 e. The molecule has 0 unspecified atom stereocenters. The van der Waals surface area contributed by atoms with Crippen LogP contribution in [0.5, 0.6) is 5.75 Å². The Labute approximate surface area is 187 Å². The second kappa shape index (κ2) is 8.53. The number of rotatable bonds is 6. The number of carbonyl (C=O) groups is 1. The first-order valence-corrected chi connectivity index (χ1v) is 9.72. The molecule has 0 saturated heterocycles. The van der Waals surface area contributed by atoms with Crippen molar-refractivity contribution in [2.45, 2.75) is 6.61 Å². The van der Waals surface area contributed by atoms with Gasteiger partial charge in [0.1, 0.15) is 35.3 Å². The highest BCUT2D eigenvalue weighted by Crippen LogP contribution is 2.33. The number of anilines is 1. The highest BCUT2D eigenvalue weighted by molar-refractivity contribution is 6.34. The number of hydrogen-bond donors (Lipinski definition) is 1.